The summed E-state index contributed by atoms with van der Waals surface area (Å²) in [7, 11) is 0. The molecule has 1 N–H and O–H groups in total. The van der Waals surface area contributed by atoms with Crippen LogP contribution in [0.3, 0.4) is 0 Å². The Balaban J connectivity index is 0. The number of ether oxygens (including phenoxy) is 5. The average molecular weight is 594 g/mol. The van der Waals surface area contributed by atoms with E-state index in [1.807, 2.05) is 6.07 Å². The number of carbonyl (C=O) groups is 3. The monoisotopic (exact) mass is 593 g/mol. The topological polar surface area (TPSA) is 192 Å². The van der Waals surface area contributed by atoms with Gasteiger partial charge in [0.15, 0.2) is 6.10 Å². The van der Waals surface area contributed by atoms with E-state index in [-0.39, 0.29) is 38.1 Å². The Morgan fingerprint density at radius 3 is 1.93 bits per heavy atom. The molecule has 0 amide bonds. The van der Waals surface area contributed by atoms with Crippen LogP contribution in [0.1, 0.15) is 59.8 Å². The molecule has 3 fully saturated rings. The van der Waals surface area contributed by atoms with E-state index in [1.165, 1.54) is 19.8 Å². The van der Waals surface area contributed by atoms with Crippen molar-refractivity contribution >= 4 is 17.9 Å². The third-order valence-corrected chi connectivity index (χ3v) is 4.68. The number of nitrogens with zero attached hydrogens (tertiary/aromatic N) is 3. The van der Waals surface area contributed by atoms with E-state index in [0.29, 0.717) is 13.0 Å². The van der Waals surface area contributed by atoms with Crippen molar-refractivity contribution in [2.24, 2.45) is 11.8 Å². The number of rotatable bonds is 6. The highest BCUT2D eigenvalue weighted by molar-refractivity contribution is 5.77. The number of aliphatic hydroxyl groups is 1. The second-order valence-electron chi connectivity index (χ2n) is 8.51. The fraction of sp³-hybridized carbons (Fsp3) is 0.769. The number of hydrogen-bond donors (Lipinski definition) is 1. The standard InChI is InChI=1S/C8H13NO3.C6H7NO2.C5H7NO2.C4H8O.C3H3F3O/c1-3-12-8(11)7(5-9)4-6(2)10;1-4-2-5(3-7)6(8)9-4;1-2-8-5(7)3-4-6;1-2-4-5-3-1;4-3(5,6)2-1-7-2/h6-7,10H,3-4H2,1-2H3;4-5H,2H2,1H3;2-3H2,1H3;1-4H2;2H,1H2. The molecule has 0 aromatic heterocycles. The van der Waals surface area contributed by atoms with Crippen molar-refractivity contribution in [1.29, 1.82) is 15.8 Å². The Bertz CT molecular complexity index is 880. The van der Waals surface area contributed by atoms with Crippen molar-refractivity contribution in [3.8, 4) is 18.2 Å². The smallest absolute Gasteiger partial charge is 0.416 e. The first-order chi connectivity index (χ1) is 19.3. The third kappa shape index (κ3) is 23.0. The summed E-state index contributed by atoms with van der Waals surface area (Å²) in [6, 6.07) is 5.33. The Morgan fingerprint density at radius 1 is 1.12 bits per heavy atom. The zero-order valence-corrected chi connectivity index (χ0v) is 23.6. The highest BCUT2D eigenvalue weighted by Crippen LogP contribution is 2.30. The summed E-state index contributed by atoms with van der Waals surface area (Å²) < 4.78 is 56.0. The maximum atomic E-state index is 11.1. The number of alkyl halides is 3. The summed E-state index contributed by atoms with van der Waals surface area (Å²) in [6.07, 6.45) is -3.19. The number of hydrogen-bond acceptors (Lipinski definition) is 12. The van der Waals surface area contributed by atoms with E-state index < -0.39 is 42.2 Å². The van der Waals surface area contributed by atoms with Gasteiger partial charge in [-0.1, -0.05) is 0 Å². The molecule has 0 spiro atoms. The lowest BCUT2D eigenvalue weighted by molar-refractivity contribution is -0.147. The normalized spacial score (nSPS) is 21.2. The number of nitriles is 3. The van der Waals surface area contributed by atoms with E-state index >= 15 is 0 Å². The molecule has 3 saturated heterocycles. The predicted octanol–water partition coefficient (Wildman–Crippen LogP) is 3.13. The number of epoxide rings is 1. The molecule has 0 saturated carbocycles. The maximum Gasteiger partial charge on any atom is 0.416 e. The first-order valence-electron chi connectivity index (χ1n) is 12.9. The van der Waals surface area contributed by atoms with Gasteiger partial charge < -0.3 is 28.8 Å². The predicted molar refractivity (Wildman–Crippen MR) is 134 cm³/mol. The van der Waals surface area contributed by atoms with Gasteiger partial charge in [-0.15, -0.1) is 0 Å². The SMILES string of the molecule is C1CCOC1.CC1CC(C#N)C(=O)O1.CCOC(=O)C(C#N)CC(C)O.CCOC(=O)CC#N.FC(F)(F)C1CO1. The molecular weight excluding hydrogens is 555 g/mol. The molecule has 5 unspecified atom stereocenters. The van der Waals surface area contributed by atoms with Crippen molar-refractivity contribution in [2.45, 2.75) is 84.3 Å². The zero-order valence-electron chi connectivity index (χ0n) is 23.6. The Hall–Kier alpha value is -3.45. The molecular formula is C26H38F3N3O9. The number of carbonyl (C=O) groups excluding carboxylic acids is 3. The van der Waals surface area contributed by atoms with Crippen molar-refractivity contribution in [3.63, 3.8) is 0 Å². The summed E-state index contributed by atoms with van der Waals surface area (Å²) >= 11 is 0. The Kier molecular flexibility index (Phi) is 22.5. The van der Waals surface area contributed by atoms with Crippen LogP contribution < -0.4 is 0 Å². The largest absolute Gasteiger partial charge is 0.465 e. The van der Waals surface area contributed by atoms with Gasteiger partial charge in [-0.2, -0.15) is 29.0 Å². The molecule has 3 aliphatic heterocycles. The minimum atomic E-state index is -4.11. The first-order valence-corrected chi connectivity index (χ1v) is 12.9. The molecule has 12 nitrogen and oxygen atoms in total. The minimum absolute atomic E-state index is 0.0675. The summed E-state index contributed by atoms with van der Waals surface area (Å²) in [5, 5.41) is 33.6. The molecule has 3 rings (SSSR count). The quantitative estimate of drug-likeness (QED) is 0.269. The highest BCUT2D eigenvalue weighted by atomic mass is 19.4. The van der Waals surface area contributed by atoms with E-state index in [2.05, 4.69) is 14.2 Å². The molecule has 0 aliphatic carbocycles. The molecule has 15 heteroatoms. The van der Waals surface area contributed by atoms with Crippen LogP contribution in [-0.4, -0.2) is 80.5 Å². The second-order valence-corrected chi connectivity index (χ2v) is 8.51. The van der Waals surface area contributed by atoms with Gasteiger partial charge in [0.05, 0.1) is 44.1 Å². The van der Waals surface area contributed by atoms with Crippen LogP contribution in [0.25, 0.3) is 0 Å². The molecule has 3 heterocycles. The molecule has 3 aliphatic rings. The van der Waals surface area contributed by atoms with Crippen molar-refractivity contribution in [3.05, 3.63) is 0 Å². The lowest BCUT2D eigenvalue weighted by Gasteiger charge is -2.09. The number of halogens is 3. The van der Waals surface area contributed by atoms with E-state index in [1.54, 1.807) is 32.9 Å². The van der Waals surface area contributed by atoms with E-state index in [0.717, 1.165) is 13.2 Å². The summed E-state index contributed by atoms with van der Waals surface area (Å²) in [6.45, 7) is 9.16. The van der Waals surface area contributed by atoms with Gasteiger partial charge in [-0.3, -0.25) is 14.4 Å². The van der Waals surface area contributed by atoms with Gasteiger partial charge in [0.2, 0.25) is 0 Å². The van der Waals surface area contributed by atoms with Gasteiger partial charge in [-0.25, -0.2) is 0 Å². The highest BCUT2D eigenvalue weighted by Gasteiger charge is 2.49. The molecule has 0 aromatic carbocycles. The minimum Gasteiger partial charge on any atom is -0.465 e. The van der Waals surface area contributed by atoms with Crippen molar-refractivity contribution in [1.82, 2.24) is 0 Å². The molecule has 5 atom stereocenters. The average Bonchev–Trinajstić information content (AvgIpc) is 3.48. The summed E-state index contributed by atoms with van der Waals surface area (Å²) in [4.78, 5) is 31.7. The maximum absolute atomic E-state index is 11.1. The van der Waals surface area contributed by atoms with Crippen LogP contribution >= 0.6 is 0 Å². The van der Waals surface area contributed by atoms with Crippen LogP contribution in [0.2, 0.25) is 0 Å². The van der Waals surface area contributed by atoms with Gasteiger partial charge >= 0.3 is 24.1 Å². The molecule has 0 bridgehead atoms. The lowest BCUT2D eigenvalue weighted by atomic mass is 10.0. The fourth-order valence-corrected chi connectivity index (χ4v) is 2.67. The summed E-state index contributed by atoms with van der Waals surface area (Å²) in [5.74, 6) is -2.73. The van der Waals surface area contributed by atoms with Crippen LogP contribution in [0.4, 0.5) is 13.2 Å². The lowest BCUT2D eigenvalue weighted by Crippen LogP contribution is -2.20. The van der Waals surface area contributed by atoms with Crippen molar-refractivity contribution < 1.29 is 56.3 Å². The van der Waals surface area contributed by atoms with E-state index in [4.69, 9.17) is 30.4 Å². The first kappa shape index (κ1) is 39.7. The van der Waals surface area contributed by atoms with E-state index in [9.17, 15) is 27.6 Å². The molecule has 0 aromatic rings. The molecule has 41 heavy (non-hydrogen) atoms. The summed E-state index contributed by atoms with van der Waals surface area (Å²) in [5.41, 5.74) is 0. The second kappa shape index (κ2) is 23.3. The van der Waals surface area contributed by atoms with Crippen LogP contribution in [0.5, 0.6) is 0 Å². The molecule has 232 valence electrons. The fourth-order valence-electron chi connectivity index (χ4n) is 2.67. The van der Waals surface area contributed by atoms with Gasteiger partial charge in [0, 0.05) is 19.6 Å². The van der Waals surface area contributed by atoms with Gasteiger partial charge in [-0.05, 0) is 47.0 Å². The van der Waals surface area contributed by atoms with Crippen LogP contribution in [0, 0.1) is 45.8 Å². The number of esters is 3. The molecule has 0 radical (unpaired) electrons. The van der Waals surface area contributed by atoms with Gasteiger partial charge in [0.25, 0.3) is 0 Å². The Labute approximate surface area is 237 Å². The van der Waals surface area contributed by atoms with Crippen molar-refractivity contribution in [2.75, 3.05) is 33.0 Å². The Morgan fingerprint density at radius 2 is 1.68 bits per heavy atom. The third-order valence-electron chi connectivity index (χ3n) is 4.68. The van der Waals surface area contributed by atoms with Gasteiger partial charge in [0.1, 0.15) is 24.4 Å². The number of cyclic esters (lactones) is 1. The van der Waals surface area contributed by atoms with Crippen LogP contribution in [0.15, 0.2) is 0 Å². The zero-order chi connectivity index (χ0) is 31.8. The number of aliphatic hydroxyl groups excluding tert-OH is 1. The van der Waals surface area contributed by atoms with Crippen LogP contribution in [-0.2, 0) is 38.1 Å².